The molecular formula is C15H20N2O. The summed E-state index contributed by atoms with van der Waals surface area (Å²) in [5.41, 5.74) is 1.37. The first-order valence-corrected chi connectivity index (χ1v) is 6.90. The first kappa shape index (κ1) is 11.7. The van der Waals surface area contributed by atoms with E-state index in [1.807, 2.05) is 6.07 Å². The van der Waals surface area contributed by atoms with Crippen molar-refractivity contribution in [3.63, 3.8) is 0 Å². The Hall–Kier alpha value is -1.35. The molecular weight excluding hydrogens is 224 g/mol. The minimum Gasteiger partial charge on any atom is -0.352 e. The number of benzene rings is 1. The van der Waals surface area contributed by atoms with Gasteiger partial charge in [-0.1, -0.05) is 36.8 Å². The van der Waals surface area contributed by atoms with Gasteiger partial charge >= 0.3 is 0 Å². The third-order valence-electron chi connectivity index (χ3n) is 4.22. The van der Waals surface area contributed by atoms with Crippen LogP contribution in [0.2, 0.25) is 0 Å². The smallest absolute Gasteiger partial charge is 0.225 e. The molecule has 1 saturated carbocycles. The minimum atomic E-state index is 0.196. The van der Waals surface area contributed by atoms with E-state index in [1.54, 1.807) is 0 Å². The van der Waals surface area contributed by atoms with Gasteiger partial charge in [0, 0.05) is 25.0 Å². The van der Waals surface area contributed by atoms with E-state index in [0.29, 0.717) is 12.0 Å². The van der Waals surface area contributed by atoms with Gasteiger partial charge in [-0.05, 0) is 18.4 Å². The second-order valence-corrected chi connectivity index (χ2v) is 5.42. The highest BCUT2D eigenvalue weighted by Gasteiger charge is 2.33. The molecule has 2 N–H and O–H groups in total. The quantitative estimate of drug-likeness (QED) is 0.849. The van der Waals surface area contributed by atoms with Crippen LogP contribution in [0.1, 0.15) is 30.7 Å². The van der Waals surface area contributed by atoms with Crippen LogP contribution in [0.5, 0.6) is 0 Å². The lowest BCUT2D eigenvalue weighted by molar-refractivity contribution is -0.127. The number of hydrogen-bond acceptors (Lipinski definition) is 2. The predicted octanol–water partition coefficient (Wildman–Crippen LogP) is 1.66. The summed E-state index contributed by atoms with van der Waals surface area (Å²) in [5, 5.41) is 6.40. The molecule has 2 unspecified atom stereocenters. The minimum absolute atomic E-state index is 0.196. The molecule has 0 radical (unpaired) electrons. The van der Waals surface area contributed by atoms with Gasteiger partial charge in [0.2, 0.25) is 5.91 Å². The third kappa shape index (κ3) is 2.27. The van der Waals surface area contributed by atoms with Crippen molar-refractivity contribution < 1.29 is 4.79 Å². The second kappa shape index (κ2) is 5.11. The van der Waals surface area contributed by atoms with Crippen molar-refractivity contribution in [3.05, 3.63) is 35.9 Å². The zero-order valence-electron chi connectivity index (χ0n) is 10.6. The lowest BCUT2D eigenvalue weighted by Gasteiger charge is -2.29. The SMILES string of the molecule is O=C(NC1CCCC1c1ccccc1)C1CNC1. The van der Waals surface area contributed by atoms with Gasteiger partial charge in [-0.25, -0.2) is 0 Å². The van der Waals surface area contributed by atoms with Gasteiger partial charge < -0.3 is 10.6 Å². The zero-order valence-corrected chi connectivity index (χ0v) is 10.6. The van der Waals surface area contributed by atoms with Gasteiger partial charge in [0.05, 0.1) is 5.92 Å². The standard InChI is InChI=1S/C15H20N2O/c18-15(12-9-16-10-12)17-14-8-4-7-13(14)11-5-2-1-3-6-11/h1-3,5-6,12-14,16H,4,7-10H2,(H,17,18). The summed E-state index contributed by atoms with van der Waals surface area (Å²) in [4.78, 5) is 12.0. The second-order valence-electron chi connectivity index (χ2n) is 5.42. The maximum atomic E-state index is 12.0. The van der Waals surface area contributed by atoms with Crippen molar-refractivity contribution in [1.82, 2.24) is 10.6 Å². The summed E-state index contributed by atoms with van der Waals surface area (Å²) in [7, 11) is 0. The van der Waals surface area contributed by atoms with Crippen LogP contribution in [0.15, 0.2) is 30.3 Å². The molecule has 2 aliphatic rings. The molecule has 3 heteroatoms. The number of carbonyl (C=O) groups excluding carboxylic acids is 1. The molecule has 0 bridgehead atoms. The molecule has 3 nitrogen and oxygen atoms in total. The summed E-state index contributed by atoms with van der Waals surface area (Å²) < 4.78 is 0. The van der Waals surface area contributed by atoms with Gasteiger partial charge in [-0.3, -0.25) is 4.79 Å². The van der Waals surface area contributed by atoms with Crippen molar-refractivity contribution in [2.75, 3.05) is 13.1 Å². The van der Waals surface area contributed by atoms with E-state index in [0.717, 1.165) is 19.5 Å². The summed E-state index contributed by atoms with van der Waals surface area (Å²) in [6.45, 7) is 1.68. The van der Waals surface area contributed by atoms with E-state index in [9.17, 15) is 4.79 Å². The Balaban J connectivity index is 1.66. The first-order valence-electron chi connectivity index (χ1n) is 6.90. The topological polar surface area (TPSA) is 41.1 Å². The Morgan fingerprint density at radius 1 is 1.17 bits per heavy atom. The molecule has 1 saturated heterocycles. The number of amides is 1. The maximum Gasteiger partial charge on any atom is 0.225 e. The molecule has 1 heterocycles. The van der Waals surface area contributed by atoms with Gasteiger partial charge in [-0.2, -0.15) is 0 Å². The largest absolute Gasteiger partial charge is 0.352 e. The fourth-order valence-corrected chi connectivity index (χ4v) is 3.01. The number of hydrogen-bond donors (Lipinski definition) is 2. The Morgan fingerprint density at radius 3 is 2.61 bits per heavy atom. The molecule has 1 aromatic rings. The normalized spacial score (nSPS) is 27.8. The number of nitrogens with one attached hydrogen (secondary N) is 2. The lowest BCUT2D eigenvalue weighted by Crippen LogP contribution is -2.53. The van der Waals surface area contributed by atoms with Crippen LogP contribution in [-0.2, 0) is 4.79 Å². The fourth-order valence-electron chi connectivity index (χ4n) is 3.01. The molecule has 1 aliphatic carbocycles. The van der Waals surface area contributed by atoms with Crippen LogP contribution < -0.4 is 10.6 Å². The predicted molar refractivity (Wildman–Crippen MR) is 71.3 cm³/mol. The Kier molecular flexibility index (Phi) is 3.33. The van der Waals surface area contributed by atoms with Crippen molar-refractivity contribution in [2.24, 2.45) is 5.92 Å². The molecule has 96 valence electrons. The fraction of sp³-hybridized carbons (Fsp3) is 0.533. The molecule has 3 rings (SSSR count). The molecule has 0 spiro atoms. The molecule has 18 heavy (non-hydrogen) atoms. The van der Waals surface area contributed by atoms with E-state index >= 15 is 0 Å². The van der Waals surface area contributed by atoms with E-state index < -0.39 is 0 Å². The maximum absolute atomic E-state index is 12.0. The van der Waals surface area contributed by atoms with E-state index in [4.69, 9.17) is 0 Å². The molecule has 1 aliphatic heterocycles. The number of rotatable bonds is 3. The van der Waals surface area contributed by atoms with Crippen LogP contribution in [0.3, 0.4) is 0 Å². The van der Waals surface area contributed by atoms with Crippen LogP contribution in [0.4, 0.5) is 0 Å². The van der Waals surface area contributed by atoms with Gasteiger partial charge in [0.15, 0.2) is 0 Å². The van der Waals surface area contributed by atoms with Gasteiger partial charge in [0.25, 0.3) is 0 Å². The van der Waals surface area contributed by atoms with Crippen LogP contribution in [0.25, 0.3) is 0 Å². The Labute approximate surface area is 108 Å². The summed E-state index contributed by atoms with van der Waals surface area (Å²) in [5.74, 6) is 0.937. The van der Waals surface area contributed by atoms with Crippen molar-refractivity contribution >= 4 is 5.91 Å². The van der Waals surface area contributed by atoms with Crippen molar-refractivity contribution in [2.45, 2.75) is 31.2 Å². The van der Waals surface area contributed by atoms with E-state index in [-0.39, 0.29) is 11.8 Å². The highest BCUT2D eigenvalue weighted by Crippen LogP contribution is 2.34. The monoisotopic (exact) mass is 244 g/mol. The van der Waals surface area contributed by atoms with E-state index in [2.05, 4.69) is 34.9 Å². The average Bonchev–Trinajstić information content (AvgIpc) is 2.76. The average molecular weight is 244 g/mol. The summed E-state index contributed by atoms with van der Waals surface area (Å²) >= 11 is 0. The third-order valence-corrected chi connectivity index (χ3v) is 4.22. The van der Waals surface area contributed by atoms with E-state index in [1.165, 1.54) is 18.4 Å². The van der Waals surface area contributed by atoms with Gasteiger partial charge in [-0.15, -0.1) is 0 Å². The van der Waals surface area contributed by atoms with Crippen LogP contribution >= 0.6 is 0 Å². The number of carbonyl (C=O) groups is 1. The zero-order chi connectivity index (χ0) is 12.4. The Morgan fingerprint density at radius 2 is 1.94 bits per heavy atom. The van der Waals surface area contributed by atoms with Crippen molar-refractivity contribution in [3.8, 4) is 0 Å². The molecule has 2 fully saturated rings. The molecule has 2 atom stereocenters. The molecule has 1 aromatic carbocycles. The highest BCUT2D eigenvalue weighted by atomic mass is 16.2. The molecule has 1 amide bonds. The molecule has 0 aromatic heterocycles. The van der Waals surface area contributed by atoms with Gasteiger partial charge in [0.1, 0.15) is 0 Å². The summed E-state index contributed by atoms with van der Waals surface area (Å²) in [6, 6.07) is 10.9. The van der Waals surface area contributed by atoms with Crippen molar-refractivity contribution in [1.29, 1.82) is 0 Å². The van der Waals surface area contributed by atoms with Crippen LogP contribution in [0, 0.1) is 5.92 Å². The van der Waals surface area contributed by atoms with Crippen LogP contribution in [-0.4, -0.2) is 25.0 Å². The Bertz CT molecular complexity index is 414. The lowest BCUT2D eigenvalue weighted by atomic mass is 9.93. The highest BCUT2D eigenvalue weighted by molar-refractivity contribution is 5.80. The first-order chi connectivity index (χ1) is 8.84. The summed E-state index contributed by atoms with van der Waals surface area (Å²) in [6.07, 6.45) is 3.52.